The molecular weight excluding hydrogens is 400 g/mol. The first-order chi connectivity index (χ1) is 14.8. The molecule has 8 nitrogen and oxygen atoms in total. The van der Waals surface area contributed by atoms with Gasteiger partial charge in [0.05, 0.1) is 19.9 Å². The summed E-state index contributed by atoms with van der Waals surface area (Å²) in [5.41, 5.74) is 2.82. The summed E-state index contributed by atoms with van der Waals surface area (Å²) in [4.78, 5) is 36.8. The summed E-state index contributed by atoms with van der Waals surface area (Å²) in [5.74, 6) is -1.51. The molecule has 1 aromatic heterocycles. The fraction of sp³-hybridized carbons (Fsp3) is 0.217. The van der Waals surface area contributed by atoms with E-state index in [4.69, 9.17) is 14.2 Å². The van der Waals surface area contributed by atoms with Crippen LogP contribution in [0.25, 0.3) is 16.9 Å². The van der Waals surface area contributed by atoms with Crippen molar-refractivity contribution in [3.8, 4) is 22.7 Å². The van der Waals surface area contributed by atoms with E-state index in [-0.39, 0.29) is 17.0 Å². The Balaban J connectivity index is 2.35. The lowest BCUT2D eigenvalue weighted by atomic mass is 9.96. The highest BCUT2D eigenvalue weighted by molar-refractivity contribution is 6.07. The van der Waals surface area contributed by atoms with E-state index < -0.39 is 17.9 Å². The van der Waals surface area contributed by atoms with Crippen molar-refractivity contribution in [1.82, 2.24) is 9.78 Å². The number of esters is 3. The largest absolute Gasteiger partial charge is 0.465 e. The van der Waals surface area contributed by atoms with Crippen molar-refractivity contribution in [1.29, 1.82) is 0 Å². The van der Waals surface area contributed by atoms with Crippen LogP contribution in [0.5, 0.6) is 5.75 Å². The summed E-state index contributed by atoms with van der Waals surface area (Å²) in [6.07, 6.45) is 0. The lowest BCUT2D eigenvalue weighted by molar-refractivity contribution is -0.131. The second-order valence-electron chi connectivity index (χ2n) is 6.83. The standard InChI is InChI=1S/C23H22N2O6/c1-13-11-17(31-15(3)26)12-14(2)18(13)20-19(22(27)29-4)21(23(28)30-5)25(24-20)16-9-7-6-8-10-16/h6-12H,1-5H3. The van der Waals surface area contributed by atoms with Crippen LogP contribution in [0.1, 0.15) is 38.9 Å². The fourth-order valence-corrected chi connectivity index (χ4v) is 3.45. The zero-order valence-corrected chi connectivity index (χ0v) is 17.9. The van der Waals surface area contributed by atoms with Crippen LogP contribution in [0.4, 0.5) is 0 Å². The van der Waals surface area contributed by atoms with E-state index in [0.29, 0.717) is 28.1 Å². The Labute approximate surface area is 179 Å². The minimum atomic E-state index is -0.727. The number of aromatic nitrogens is 2. The summed E-state index contributed by atoms with van der Waals surface area (Å²) in [5, 5.41) is 4.61. The molecule has 0 unspecified atom stereocenters. The highest BCUT2D eigenvalue weighted by Crippen LogP contribution is 2.35. The molecule has 0 atom stereocenters. The van der Waals surface area contributed by atoms with Gasteiger partial charge >= 0.3 is 17.9 Å². The molecule has 0 saturated heterocycles. The topological polar surface area (TPSA) is 96.7 Å². The molecule has 31 heavy (non-hydrogen) atoms. The van der Waals surface area contributed by atoms with Gasteiger partial charge in [-0.25, -0.2) is 14.3 Å². The number of para-hydroxylation sites is 1. The summed E-state index contributed by atoms with van der Waals surface area (Å²) in [7, 11) is 2.46. The maximum Gasteiger partial charge on any atom is 0.357 e. The molecule has 160 valence electrons. The molecule has 2 aromatic carbocycles. The van der Waals surface area contributed by atoms with Gasteiger partial charge in [0, 0.05) is 12.5 Å². The average Bonchev–Trinajstić information content (AvgIpc) is 3.12. The van der Waals surface area contributed by atoms with Crippen molar-refractivity contribution in [2.24, 2.45) is 0 Å². The van der Waals surface area contributed by atoms with E-state index in [1.807, 2.05) is 6.07 Å². The Morgan fingerprint density at radius 1 is 0.903 bits per heavy atom. The third-order valence-electron chi connectivity index (χ3n) is 4.66. The highest BCUT2D eigenvalue weighted by atomic mass is 16.5. The molecule has 1 heterocycles. The summed E-state index contributed by atoms with van der Waals surface area (Å²) in [6, 6.07) is 12.3. The first kappa shape index (κ1) is 21.8. The number of carbonyl (C=O) groups is 3. The first-order valence-electron chi connectivity index (χ1n) is 9.43. The Hall–Kier alpha value is -3.94. The van der Waals surface area contributed by atoms with E-state index in [0.717, 1.165) is 0 Å². The summed E-state index contributed by atoms with van der Waals surface area (Å²) < 4.78 is 16.5. The van der Waals surface area contributed by atoms with Gasteiger partial charge in [-0.2, -0.15) is 5.10 Å². The molecule has 3 aromatic rings. The monoisotopic (exact) mass is 422 g/mol. The van der Waals surface area contributed by atoms with Gasteiger partial charge in [-0.3, -0.25) is 4.79 Å². The zero-order valence-electron chi connectivity index (χ0n) is 17.9. The van der Waals surface area contributed by atoms with Crippen LogP contribution >= 0.6 is 0 Å². The average molecular weight is 422 g/mol. The van der Waals surface area contributed by atoms with Crippen LogP contribution in [0.3, 0.4) is 0 Å². The molecular formula is C23H22N2O6. The molecule has 8 heteroatoms. The SMILES string of the molecule is COC(=O)c1c(-c2c(C)cc(OC(C)=O)cc2C)nn(-c2ccccc2)c1C(=O)OC. The molecule has 0 N–H and O–H groups in total. The first-order valence-corrected chi connectivity index (χ1v) is 9.43. The van der Waals surface area contributed by atoms with Gasteiger partial charge in [0.25, 0.3) is 0 Å². The molecule has 0 bridgehead atoms. The van der Waals surface area contributed by atoms with Crippen LogP contribution in [0.2, 0.25) is 0 Å². The van der Waals surface area contributed by atoms with Crippen molar-refractivity contribution in [2.45, 2.75) is 20.8 Å². The number of carbonyl (C=O) groups excluding carboxylic acids is 3. The van der Waals surface area contributed by atoms with Gasteiger partial charge in [0.1, 0.15) is 17.0 Å². The van der Waals surface area contributed by atoms with Crippen LogP contribution in [-0.2, 0) is 14.3 Å². The number of hydrogen-bond donors (Lipinski definition) is 0. The van der Waals surface area contributed by atoms with Crippen molar-refractivity contribution in [2.75, 3.05) is 14.2 Å². The summed E-state index contributed by atoms with van der Waals surface area (Å²) in [6.45, 7) is 4.92. The third kappa shape index (κ3) is 4.18. The second-order valence-corrected chi connectivity index (χ2v) is 6.83. The van der Waals surface area contributed by atoms with Crippen LogP contribution in [0, 0.1) is 13.8 Å². The fourth-order valence-electron chi connectivity index (χ4n) is 3.45. The molecule has 0 radical (unpaired) electrons. The second kappa shape index (κ2) is 8.83. The predicted octanol–water partition coefficient (Wildman–Crippen LogP) is 3.65. The van der Waals surface area contributed by atoms with Crippen LogP contribution in [0.15, 0.2) is 42.5 Å². The number of aryl methyl sites for hydroxylation is 2. The number of methoxy groups -OCH3 is 2. The number of benzene rings is 2. The van der Waals surface area contributed by atoms with E-state index in [9.17, 15) is 14.4 Å². The van der Waals surface area contributed by atoms with E-state index in [1.165, 1.54) is 25.8 Å². The molecule has 0 fully saturated rings. The third-order valence-corrected chi connectivity index (χ3v) is 4.66. The van der Waals surface area contributed by atoms with Crippen LogP contribution < -0.4 is 4.74 Å². The molecule has 0 saturated carbocycles. The number of nitrogens with zero attached hydrogens (tertiary/aromatic N) is 2. The minimum absolute atomic E-state index is 0.00959. The Morgan fingerprint density at radius 3 is 2.00 bits per heavy atom. The quantitative estimate of drug-likeness (QED) is 0.457. The van der Waals surface area contributed by atoms with Gasteiger partial charge in [0.2, 0.25) is 0 Å². The molecule has 0 amide bonds. The lowest BCUT2D eigenvalue weighted by Crippen LogP contribution is -2.15. The van der Waals surface area contributed by atoms with Crippen molar-refractivity contribution in [3.63, 3.8) is 0 Å². The molecule has 0 aliphatic heterocycles. The van der Waals surface area contributed by atoms with Crippen molar-refractivity contribution in [3.05, 3.63) is 64.8 Å². The lowest BCUT2D eigenvalue weighted by Gasteiger charge is -2.12. The number of rotatable bonds is 5. The van der Waals surface area contributed by atoms with Gasteiger partial charge in [-0.1, -0.05) is 18.2 Å². The Kier molecular flexibility index (Phi) is 6.20. The normalized spacial score (nSPS) is 10.5. The molecule has 0 aliphatic carbocycles. The van der Waals surface area contributed by atoms with Crippen LogP contribution in [-0.4, -0.2) is 41.9 Å². The summed E-state index contributed by atoms with van der Waals surface area (Å²) >= 11 is 0. The van der Waals surface area contributed by atoms with E-state index in [2.05, 4.69) is 5.10 Å². The number of ether oxygens (including phenoxy) is 3. The number of hydrogen-bond acceptors (Lipinski definition) is 7. The van der Waals surface area contributed by atoms with Gasteiger partial charge in [0.15, 0.2) is 5.69 Å². The van der Waals surface area contributed by atoms with E-state index in [1.54, 1.807) is 50.2 Å². The predicted molar refractivity (Wildman–Crippen MR) is 112 cm³/mol. The minimum Gasteiger partial charge on any atom is -0.465 e. The van der Waals surface area contributed by atoms with Crippen molar-refractivity contribution >= 4 is 17.9 Å². The Bertz CT molecular complexity index is 1140. The van der Waals surface area contributed by atoms with Gasteiger partial charge < -0.3 is 14.2 Å². The maximum absolute atomic E-state index is 12.8. The zero-order chi connectivity index (χ0) is 22.7. The highest BCUT2D eigenvalue weighted by Gasteiger charge is 2.32. The van der Waals surface area contributed by atoms with Gasteiger partial charge in [-0.05, 0) is 49.2 Å². The molecule has 0 aliphatic rings. The van der Waals surface area contributed by atoms with Gasteiger partial charge in [-0.15, -0.1) is 0 Å². The van der Waals surface area contributed by atoms with E-state index >= 15 is 0 Å². The Morgan fingerprint density at radius 2 is 1.48 bits per heavy atom. The molecule has 3 rings (SSSR count). The molecule has 0 spiro atoms. The smallest absolute Gasteiger partial charge is 0.357 e. The maximum atomic E-state index is 12.8. The van der Waals surface area contributed by atoms with Crippen molar-refractivity contribution < 1.29 is 28.6 Å².